The van der Waals surface area contributed by atoms with E-state index in [9.17, 15) is 17.6 Å². The number of benzene rings is 1. The fraction of sp³-hybridized carbons (Fsp3) is 0.412. The number of rotatable bonds is 6. The number of piperazine rings is 1. The van der Waals surface area contributed by atoms with Gasteiger partial charge in [0.05, 0.1) is 6.04 Å². The Kier molecular flexibility index (Phi) is 7.28. The van der Waals surface area contributed by atoms with E-state index < -0.39 is 12.5 Å². The van der Waals surface area contributed by atoms with Crippen LogP contribution in [0.5, 0.6) is 5.75 Å². The third-order valence-electron chi connectivity index (χ3n) is 4.06. The van der Waals surface area contributed by atoms with Crippen molar-refractivity contribution in [2.45, 2.75) is 18.6 Å². The van der Waals surface area contributed by atoms with E-state index in [1.54, 1.807) is 23.5 Å². The zero-order valence-electron chi connectivity index (χ0n) is 13.7. The summed E-state index contributed by atoms with van der Waals surface area (Å²) in [7, 11) is 0. The quantitative estimate of drug-likeness (QED) is 0.714. The summed E-state index contributed by atoms with van der Waals surface area (Å²) in [5.74, 6) is -0.266. The molecule has 1 N–H and O–H groups in total. The van der Waals surface area contributed by atoms with E-state index in [-0.39, 0.29) is 24.2 Å². The number of nitrogens with one attached hydrogen (secondary N) is 1. The van der Waals surface area contributed by atoms with Gasteiger partial charge >= 0.3 is 12.5 Å². The Morgan fingerprint density at radius 1 is 1.12 bits per heavy atom. The average Bonchev–Trinajstić information content (AvgIpc) is 3.10. The predicted molar refractivity (Wildman–Crippen MR) is 95.9 cm³/mol. The van der Waals surface area contributed by atoms with Gasteiger partial charge in [-0.1, -0.05) is 12.1 Å². The Morgan fingerprint density at radius 2 is 1.85 bits per heavy atom. The highest BCUT2D eigenvalue weighted by Crippen LogP contribution is 2.34. The molecule has 3 rings (SSSR count). The molecule has 1 atom stereocenters. The maximum atomic E-state index is 13.2. The molecule has 144 valence electrons. The predicted octanol–water partition coefficient (Wildman–Crippen LogP) is 4.40. The average molecular weight is 411 g/mol. The molecule has 0 bridgehead atoms. The van der Waals surface area contributed by atoms with Gasteiger partial charge < -0.3 is 10.1 Å². The Hall–Kier alpha value is -1.35. The number of nitrogens with zero attached hydrogens (tertiary/aromatic N) is 1. The van der Waals surface area contributed by atoms with Gasteiger partial charge in [0.25, 0.3) is 0 Å². The van der Waals surface area contributed by atoms with E-state index in [1.165, 1.54) is 12.1 Å². The first-order chi connectivity index (χ1) is 12.0. The molecule has 1 aliphatic heterocycles. The summed E-state index contributed by atoms with van der Waals surface area (Å²) in [6.45, 7) is 3.28. The van der Waals surface area contributed by atoms with Crippen LogP contribution in [0.2, 0.25) is 0 Å². The van der Waals surface area contributed by atoms with Gasteiger partial charge in [0.2, 0.25) is 0 Å². The zero-order chi connectivity index (χ0) is 17.9. The summed E-state index contributed by atoms with van der Waals surface area (Å²) in [6.07, 6.45) is -8.39. The van der Waals surface area contributed by atoms with E-state index in [2.05, 4.69) is 15.0 Å². The molecule has 1 aliphatic rings. The van der Waals surface area contributed by atoms with Crippen molar-refractivity contribution >= 4 is 23.7 Å². The van der Waals surface area contributed by atoms with Crippen LogP contribution in [0.25, 0.3) is 0 Å². The molecule has 2 heterocycles. The lowest BCUT2D eigenvalue weighted by molar-refractivity contribution is -0.253. The highest BCUT2D eigenvalue weighted by Gasteiger charge is 2.44. The topological polar surface area (TPSA) is 24.5 Å². The number of hydrogen-bond donors (Lipinski definition) is 1. The van der Waals surface area contributed by atoms with Gasteiger partial charge in [0, 0.05) is 26.2 Å². The van der Waals surface area contributed by atoms with Gasteiger partial charge in [-0.25, -0.2) is 0 Å². The molecule has 1 saturated heterocycles. The molecule has 0 unspecified atom stereocenters. The summed E-state index contributed by atoms with van der Waals surface area (Å²) >= 11 is 1.55. The SMILES string of the molecule is Cl.FC(F)C(F)(F)Oc1cccc([C@@H](c2ccsc2)N2CCNCC2)c1. The molecule has 2 aromatic rings. The van der Waals surface area contributed by atoms with Crippen molar-refractivity contribution < 1.29 is 22.3 Å². The van der Waals surface area contributed by atoms with Crippen LogP contribution in [0.3, 0.4) is 0 Å². The van der Waals surface area contributed by atoms with Gasteiger partial charge in [-0.2, -0.15) is 28.9 Å². The normalized spacial score (nSPS) is 17.0. The molecular weight excluding hydrogens is 392 g/mol. The van der Waals surface area contributed by atoms with E-state index in [0.717, 1.165) is 37.3 Å². The Balaban J connectivity index is 0.00000243. The minimum Gasteiger partial charge on any atom is -0.428 e. The smallest absolute Gasteiger partial charge is 0.428 e. The van der Waals surface area contributed by atoms with Crippen molar-refractivity contribution in [3.05, 3.63) is 52.2 Å². The number of thiophene rings is 1. The number of alkyl halides is 4. The van der Waals surface area contributed by atoms with Crippen molar-refractivity contribution in [2.24, 2.45) is 0 Å². The van der Waals surface area contributed by atoms with Gasteiger partial charge in [-0.15, -0.1) is 12.4 Å². The largest absolute Gasteiger partial charge is 0.461 e. The fourth-order valence-corrected chi connectivity index (χ4v) is 3.61. The summed E-state index contributed by atoms with van der Waals surface area (Å²) in [5, 5.41) is 7.24. The van der Waals surface area contributed by atoms with Crippen LogP contribution in [0, 0.1) is 0 Å². The minimum atomic E-state index is -4.51. The first kappa shape index (κ1) is 21.0. The molecule has 1 aromatic heterocycles. The summed E-state index contributed by atoms with van der Waals surface area (Å²) in [6, 6.07) is 7.89. The van der Waals surface area contributed by atoms with Crippen molar-refractivity contribution in [1.29, 1.82) is 0 Å². The van der Waals surface area contributed by atoms with E-state index in [1.807, 2.05) is 16.8 Å². The Labute approximate surface area is 159 Å². The van der Waals surface area contributed by atoms with E-state index in [4.69, 9.17) is 0 Å². The van der Waals surface area contributed by atoms with Crippen LogP contribution in [0.4, 0.5) is 17.6 Å². The van der Waals surface area contributed by atoms with Crippen LogP contribution in [-0.4, -0.2) is 43.6 Å². The highest BCUT2D eigenvalue weighted by atomic mass is 35.5. The number of ether oxygens (including phenoxy) is 1. The Morgan fingerprint density at radius 3 is 2.46 bits per heavy atom. The molecule has 1 fully saturated rings. The van der Waals surface area contributed by atoms with Crippen molar-refractivity contribution in [2.75, 3.05) is 26.2 Å². The van der Waals surface area contributed by atoms with Crippen LogP contribution >= 0.6 is 23.7 Å². The third kappa shape index (κ3) is 4.88. The maximum absolute atomic E-state index is 13.2. The molecule has 1 aromatic carbocycles. The maximum Gasteiger partial charge on any atom is 0.461 e. The summed E-state index contributed by atoms with van der Waals surface area (Å²) < 4.78 is 55.4. The number of halogens is 5. The number of hydrogen-bond acceptors (Lipinski definition) is 4. The van der Waals surface area contributed by atoms with Crippen molar-refractivity contribution in [3.8, 4) is 5.75 Å². The molecule has 3 nitrogen and oxygen atoms in total. The van der Waals surface area contributed by atoms with Crippen LogP contribution in [0.15, 0.2) is 41.1 Å². The van der Waals surface area contributed by atoms with Crippen LogP contribution in [0.1, 0.15) is 17.2 Å². The van der Waals surface area contributed by atoms with Gasteiger partial charge in [-0.3, -0.25) is 4.90 Å². The van der Waals surface area contributed by atoms with E-state index in [0.29, 0.717) is 0 Å². The van der Waals surface area contributed by atoms with Gasteiger partial charge in [0.15, 0.2) is 0 Å². The van der Waals surface area contributed by atoms with Gasteiger partial charge in [0.1, 0.15) is 5.75 Å². The first-order valence-electron chi connectivity index (χ1n) is 7.89. The third-order valence-corrected chi connectivity index (χ3v) is 4.76. The molecule has 0 aliphatic carbocycles. The molecule has 0 radical (unpaired) electrons. The van der Waals surface area contributed by atoms with Gasteiger partial charge in [-0.05, 0) is 40.1 Å². The second-order valence-electron chi connectivity index (χ2n) is 5.78. The molecule has 9 heteroatoms. The first-order valence-corrected chi connectivity index (χ1v) is 8.83. The van der Waals surface area contributed by atoms with Crippen molar-refractivity contribution in [3.63, 3.8) is 0 Å². The lowest BCUT2D eigenvalue weighted by Gasteiger charge is -2.35. The fourth-order valence-electron chi connectivity index (χ4n) is 2.93. The van der Waals surface area contributed by atoms with Crippen LogP contribution in [-0.2, 0) is 0 Å². The zero-order valence-corrected chi connectivity index (χ0v) is 15.3. The molecule has 0 amide bonds. The summed E-state index contributed by atoms with van der Waals surface area (Å²) in [4.78, 5) is 2.24. The standard InChI is InChI=1S/C17H18F4N2OS.ClH/c18-16(19)17(20,21)24-14-3-1-2-12(10-14)15(13-4-9-25-11-13)23-7-5-22-6-8-23;/h1-4,9-11,15-16,22H,5-8H2;1H/t15-;/m0./s1. The van der Waals surface area contributed by atoms with Crippen LogP contribution < -0.4 is 10.1 Å². The van der Waals surface area contributed by atoms with Crippen molar-refractivity contribution in [1.82, 2.24) is 10.2 Å². The van der Waals surface area contributed by atoms with E-state index >= 15 is 0 Å². The lowest BCUT2D eigenvalue weighted by Crippen LogP contribution is -2.45. The molecule has 0 spiro atoms. The monoisotopic (exact) mass is 410 g/mol. The Bertz CT molecular complexity index is 681. The molecule has 26 heavy (non-hydrogen) atoms. The molecule has 0 saturated carbocycles. The second-order valence-corrected chi connectivity index (χ2v) is 6.56. The lowest BCUT2D eigenvalue weighted by atomic mass is 9.98. The molecular formula is C17H19ClF4N2OS. The minimum absolute atomic E-state index is 0. The summed E-state index contributed by atoms with van der Waals surface area (Å²) in [5.41, 5.74) is 1.78. The second kappa shape index (κ2) is 9.03. The highest BCUT2D eigenvalue weighted by molar-refractivity contribution is 7.08.